The van der Waals surface area contributed by atoms with Gasteiger partial charge >= 0.3 is 0 Å². The minimum atomic E-state index is -0.0124. The minimum Gasteiger partial charge on any atom is -0.355 e. The molecule has 17 heavy (non-hydrogen) atoms. The van der Waals surface area contributed by atoms with Crippen LogP contribution in [0.1, 0.15) is 23.6 Å². The summed E-state index contributed by atoms with van der Waals surface area (Å²) in [6.45, 7) is 3.95. The molecule has 0 spiro atoms. The number of aromatic nitrogens is 1. The Morgan fingerprint density at radius 3 is 2.71 bits per heavy atom. The van der Waals surface area contributed by atoms with E-state index in [1.165, 1.54) is 0 Å². The smallest absolute Gasteiger partial charge is 0.0577 e. The van der Waals surface area contributed by atoms with E-state index < -0.39 is 0 Å². The highest BCUT2D eigenvalue weighted by Crippen LogP contribution is 2.29. The lowest BCUT2D eigenvalue weighted by Gasteiger charge is -2.13. The highest BCUT2D eigenvalue weighted by atomic mass is 35.5. The Bertz CT molecular complexity index is 509. The molecule has 1 N–H and O–H groups in total. The number of hydrogen-bond donors (Lipinski definition) is 1. The number of nitrogens with one attached hydrogen (secondary N) is 1. The molecule has 0 aliphatic carbocycles. The Hall–Kier alpha value is -1.54. The van der Waals surface area contributed by atoms with Gasteiger partial charge < -0.3 is 5.32 Å². The highest BCUT2D eigenvalue weighted by molar-refractivity contribution is 6.21. The van der Waals surface area contributed by atoms with Gasteiger partial charge in [-0.05, 0) is 37.6 Å². The van der Waals surface area contributed by atoms with Crippen molar-refractivity contribution in [2.45, 2.75) is 19.2 Å². The van der Waals surface area contributed by atoms with E-state index in [4.69, 9.17) is 11.6 Å². The summed E-state index contributed by atoms with van der Waals surface area (Å²) in [5.41, 5.74) is 4.16. The lowest BCUT2D eigenvalue weighted by Crippen LogP contribution is -1.97. The van der Waals surface area contributed by atoms with E-state index in [1.54, 1.807) is 6.20 Å². The first-order valence-corrected chi connectivity index (χ1v) is 6.03. The van der Waals surface area contributed by atoms with E-state index in [9.17, 15) is 0 Å². The standard InChI is InChI=1S/C14H15ClN2/c1-10-9-12(7-8-16-10)17-14-6-4-3-5-13(14)11(2)15/h3-9,11H,1-2H3,(H,16,17). The van der Waals surface area contributed by atoms with Crippen molar-refractivity contribution >= 4 is 23.0 Å². The van der Waals surface area contributed by atoms with Crippen LogP contribution in [0.4, 0.5) is 11.4 Å². The van der Waals surface area contributed by atoms with Crippen molar-refractivity contribution in [2.24, 2.45) is 0 Å². The second-order valence-corrected chi connectivity index (χ2v) is 4.67. The van der Waals surface area contributed by atoms with Crippen molar-refractivity contribution in [1.29, 1.82) is 0 Å². The normalized spacial score (nSPS) is 12.2. The zero-order chi connectivity index (χ0) is 12.3. The van der Waals surface area contributed by atoms with E-state index in [0.29, 0.717) is 0 Å². The summed E-state index contributed by atoms with van der Waals surface area (Å²) in [6, 6.07) is 12.0. The van der Waals surface area contributed by atoms with Crippen LogP contribution in [0.5, 0.6) is 0 Å². The average molecular weight is 247 g/mol. The van der Waals surface area contributed by atoms with Crippen molar-refractivity contribution in [2.75, 3.05) is 5.32 Å². The molecule has 3 heteroatoms. The van der Waals surface area contributed by atoms with Gasteiger partial charge in [-0.15, -0.1) is 11.6 Å². The maximum atomic E-state index is 6.15. The number of aryl methyl sites for hydroxylation is 1. The van der Waals surface area contributed by atoms with Crippen LogP contribution in [0.2, 0.25) is 0 Å². The molecule has 88 valence electrons. The van der Waals surface area contributed by atoms with Crippen LogP contribution in [-0.2, 0) is 0 Å². The molecule has 1 atom stereocenters. The first-order valence-electron chi connectivity index (χ1n) is 5.59. The zero-order valence-electron chi connectivity index (χ0n) is 9.94. The summed E-state index contributed by atoms with van der Waals surface area (Å²) in [4.78, 5) is 4.17. The van der Waals surface area contributed by atoms with Crippen molar-refractivity contribution in [1.82, 2.24) is 4.98 Å². The van der Waals surface area contributed by atoms with Gasteiger partial charge in [-0.1, -0.05) is 18.2 Å². The SMILES string of the molecule is Cc1cc(Nc2ccccc2C(C)Cl)ccn1. The van der Waals surface area contributed by atoms with Gasteiger partial charge in [0.25, 0.3) is 0 Å². The maximum absolute atomic E-state index is 6.15. The molecular weight excluding hydrogens is 232 g/mol. The number of pyridine rings is 1. The summed E-state index contributed by atoms with van der Waals surface area (Å²) in [5, 5.41) is 3.36. The van der Waals surface area contributed by atoms with Crippen LogP contribution in [0.25, 0.3) is 0 Å². The molecule has 0 aliphatic heterocycles. The molecule has 0 saturated heterocycles. The van der Waals surface area contributed by atoms with Gasteiger partial charge in [0.2, 0.25) is 0 Å². The van der Waals surface area contributed by atoms with E-state index in [2.05, 4.69) is 10.3 Å². The topological polar surface area (TPSA) is 24.9 Å². The average Bonchev–Trinajstić information content (AvgIpc) is 2.29. The third kappa shape index (κ3) is 2.98. The summed E-state index contributed by atoms with van der Waals surface area (Å²) in [5.74, 6) is 0. The molecule has 2 aromatic rings. The fourth-order valence-corrected chi connectivity index (χ4v) is 1.93. The van der Waals surface area contributed by atoms with E-state index in [-0.39, 0.29) is 5.38 Å². The Balaban J connectivity index is 2.30. The fraction of sp³-hybridized carbons (Fsp3) is 0.214. The summed E-state index contributed by atoms with van der Waals surface area (Å²) in [6.07, 6.45) is 1.80. The number of nitrogens with zero attached hydrogens (tertiary/aromatic N) is 1. The Morgan fingerprint density at radius 1 is 1.24 bits per heavy atom. The van der Waals surface area contributed by atoms with Gasteiger partial charge in [0, 0.05) is 23.3 Å². The van der Waals surface area contributed by atoms with E-state index >= 15 is 0 Å². The molecule has 0 radical (unpaired) electrons. The zero-order valence-corrected chi connectivity index (χ0v) is 10.7. The van der Waals surface area contributed by atoms with Crippen LogP contribution in [-0.4, -0.2) is 4.98 Å². The molecule has 0 aliphatic rings. The van der Waals surface area contributed by atoms with Gasteiger partial charge in [-0.3, -0.25) is 4.98 Å². The van der Waals surface area contributed by atoms with Gasteiger partial charge in [0.15, 0.2) is 0 Å². The van der Waals surface area contributed by atoms with Crippen LogP contribution in [0, 0.1) is 6.92 Å². The number of alkyl halides is 1. The number of rotatable bonds is 3. The monoisotopic (exact) mass is 246 g/mol. The molecule has 0 bridgehead atoms. The summed E-state index contributed by atoms with van der Waals surface area (Å²) in [7, 11) is 0. The molecule has 1 unspecified atom stereocenters. The van der Waals surface area contributed by atoms with Crippen molar-refractivity contribution in [3.05, 3.63) is 53.9 Å². The predicted octanol–water partition coefficient (Wildman–Crippen LogP) is 4.43. The van der Waals surface area contributed by atoms with Crippen LogP contribution >= 0.6 is 11.6 Å². The highest BCUT2D eigenvalue weighted by Gasteiger charge is 2.07. The fourth-order valence-electron chi connectivity index (χ4n) is 1.74. The number of para-hydroxylation sites is 1. The molecule has 1 heterocycles. The van der Waals surface area contributed by atoms with Crippen LogP contribution in [0.15, 0.2) is 42.6 Å². The van der Waals surface area contributed by atoms with Gasteiger partial charge in [-0.2, -0.15) is 0 Å². The van der Waals surface area contributed by atoms with Gasteiger partial charge in [0.1, 0.15) is 0 Å². The lowest BCUT2D eigenvalue weighted by molar-refractivity contribution is 1.08. The number of benzene rings is 1. The molecule has 1 aromatic heterocycles. The Kier molecular flexibility index (Phi) is 3.64. The summed E-state index contributed by atoms with van der Waals surface area (Å²) >= 11 is 6.15. The molecule has 2 nitrogen and oxygen atoms in total. The predicted molar refractivity (Wildman–Crippen MR) is 73.0 cm³/mol. The quantitative estimate of drug-likeness (QED) is 0.811. The maximum Gasteiger partial charge on any atom is 0.0577 e. The first-order chi connectivity index (χ1) is 8.16. The molecule has 0 amide bonds. The van der Waals surface area contributed by atoms with Crippen LogP contribution < -0.4 is 5.32 Å². The number of anilines is 2. The molecule has 2 rings (SSSR count). The second-order valence-electron chi connectivity index (χ2n) is 4.01. The van der Waals surface area contributed by atoms with E-state index in [1.807, 2.05) is 50.2 Å². The minimum absolute atomic E-state index is 0.0124. The number of hydrogen-bond acceptors (Lipinski definition) is 2. The van der Waals surface area contributed by atoms with Crippen molar-refractivity contribution in [3.8, 4) is 0 Å². The third-order valence-corrected chi connectivity index (χ3v) is 2.80. The lowest BCUT2D eigenvalue weighted by atomic mass is 10.1. The number of halogens is 1. The Labute approximate surface area is 107 Å². The molecule has 0 saturated carbocycles. The molecular formula is C14H15ClN2. The van der Waals surface area contributed by atoms with E-state index in [0.717, 1.165) is 22.6 Å². The molecule has 0 fully saturated rings. The first kappa shape index (κ1) is 11.9. The van der Waals surface area contributed by atoms with Crippen molar-refractivity contribution < 1.29 is 0 Å². The largest absolute Gasteiger partial charge is 0.355 e. The third-order valence-electron chi connectivity index (χ3n) is 2.57. The molecule has 1 aromatic carbocycles. The summed E-state index contributed by atoms with van der Waals surface area (Å²) < 4.78 is 0. The van der Waals surface area contributed by atoms with Crippen LogP contribution in [0.3, 0.4) is 0 Å². The second kappa shape index (κ2) is 5.19. The van der Waals surface area contributed by atoms with Gasteiger partial charge in [-0.25, -0.2) is 0 Å². The van der Waals surface area contributed by atoms with Gasteiger partial charge in [0.05, 0.1) is 5.38 Å². The van der Waals surface area contributed by atoms with Crippen molar-refractivity contribution in [3.63, 3.8) is 0 Å². The Morgan fingerprint density at radius 2 is 2.00 bits per heavy atom.